The molecule has 70 valence electrons. The van der Waals surface area contributed by atoms with Crippen molar-refractivity contribution in [3.63, 3.8) is 0 Å². The maximum absolute atomic E-state index is 2.34. The van der Waals surface area contributed by atoms with Crippen molar-refractivity contribution >= 4 is 5.57 Å². The van der Waals surface area contributed by atoms with Gasteiger partial charge in [0.2, 0.25) is 0 Å². The molecular formula is C14H14. The third kappa shape index (κ3) is 1.07. The molecule has 0 saturated carbocycles. The third-order valence-corrected chi connectivity index (χ3v) is 3.26. The van der Waals surface area contributed by atoms with Crippen LogP contribution in [0.1, 0.15) is 24.5 Å². The molecule has 1 aromatic rings. The smallest absolute Gasteiger partial charge is 0.00169 e. The van der Waals surface area contributed by atoms with Gasteiger partial charge in [-0.25, -0.2) is 0 Å². The standard InChI is InChI=1S/C14H14/c1-10-6-7-12-9-11-4-2-3-5-13(11)14(12)8-10/h2-7,10H,8-9H2,1H3. The molecule has 0 saturated heterocycles. The number of allylic oxidation sites excluding steroid dienone is 4. The summed E-state index contributed by atoms with van der Waals surface area (Å²) in [6, 6.07) is 8.82. The Morgan fingerprint density at radius 3 is 3.00 bits per heavy atom. The Labute approximate surface area is 85.0 Å². The number of rotatable bonds is 0. The Morgan fingerprint density at radius 2 is 2.07 bits per heavy atom. The molecule has 1 unspecified atom stereocenters. The second-order valence-corrected chi connectivity index (χ2v) is 4.38. The van der Waals surface area contributed by atoms with E-state index in [0.717, 1.165) is 6.42 Å². The van der Waals surface area contributed by atoms with Crippen molar-refractivity contribution in [2.45, 2.75) is 19.8 Å². The summed E-state index contributed by atoms with van der Waals surface area (Å²) in [6.07, 6.45) is 7.03. The van der Waals surface area contributed by atoms with E-state index in [-0.39, 0.29) is 0 Å². The fraction of sp³-hybridized carbons (Fsp3) is 0.286. The first kappa shape index (κ1) is 8.05. The van der Waals surface area contributed by atoms with Crippen molar-refractivity contribution < 1.29 is 0 Å². The van der Waals surface area contributed by atoms with Crippen LogP contribution in [0.25, 0.3) is 5.57 Å². The van der Waals surface area contributed by atoms with Gasteiger partial charge in [0.15, 0.2) is 0 Å². The van der Waals surface area contributed by atoms with Crippen LogP contribution in [0.2, 0.25) is 0 Å². The van der Waals surface area contributed by atoms with Crippen LogP contribution < -0.4 is 0 Å². The first-order valence-corrected chi connectivity index (χ1v) is 5.33. The quantitative estimate of drug-likeness (QED) is 0.575. The minimum absolute atomic E-state index is 0.708. The maximum atomic E-state index is 2.34. The minimum atomic E-state index is 0.708. The summed E-state index contributed by atoms with van der Waals surface area (Å²) in [7, 11) is 0. The van der Waals surface area contributed by atoms with Gasteiger partial charge in [-0.1, -0.05) is 43.3 Å². The Kier molecular flexibility index (Phi) is 1.63. The lowest BCUT2D eigenvalue weighted by molar-refractivity contribution is 0.745. The molecule has 0 fully saturated rings. The fourth-order valence-electron chi connectivity index (χ4n) is 2.52. The monoisotopic (exact) mass is 182 g/mol. The van der Waals surface area contributed by atoms with E-state index in [4.69, 9.17) is 0 Å². The molecule has 0 heteroatoms. The zero-order valence-corrected chi connectivity index (χ0v) is 8.46. The molecule has 0 aliphatic heterocycles. The average molecular weight is 182 g/mol. The van der Waals surface area contributed by atoms with E-state index in [1.165, 1.54) is 17.5 Å². The van der Waals surface area contributed by atoms with E-state index in [9.17, 15) is 0 Å². The summed E-state index contributed by atoms with van der Waals surface area (Å²) >= 11 is 0. The van der Waals surface area contributed by atoms with Gasteiger partial charge >= 0.3 is 0 Å². The number of hydrogen-bond acceptors (Lipinski definition) is 0. The van der Waals surface area contributed by atoms with E-state index < -0.39 is 0 Å². The normalized spacial score (nSPS) is 23.6. The Hall–Kier alpha value is -1.30. The number of fused-ring (bicyclic) bond motifs is 2. The van der Waals surface area contributed by atoms with Crippen molar-refractivity contribution in [1.82, 2.24) is 0 Å². The van der Waals surface area contributed by atoms with E-state index in [1.54, 1.807) is 11.1 Å². The molecule has 0 nitrogen and oxygen atoms in total. The van der Waals surface area contributed by atoms with Crippen molar-refractivity contribution in [2.24, 2.45) is 5.92 Å². The summed E-state index contributed by atoms with van der Waals surface area (Å²) in [4.78, 5) is 0. The SMILES string of the molecule is CC1C=CC2=C(C1)c1ccccc1C2. The van der Waals surface area contributed by atoms with Crippen LogP contribution in [-0.4, -0.2) is 0 Å². The van der Waals surface area contributed by atoms with Gasteiger partial charge in [0.05, 0.1) is 0 Å². The van der Waals surface area contributed by atoms with Gasteiger partial charge in [-0.3, -0.25) is 0 Å². The van der Waals surface area contributed by atoms with Gasteiger partial charge in [0.25, 0.3) is 0 Å². The van der Waals surface area contributed by atoms with Crippen molar-refractivity contribution in [2.75, 3.05) is 0 Å². The molecule has 0 radical (unpaired) electrons. The lowest BCUT2D eigenvalue weighted by Gasteiger charge is -2.14. The highest BCUT2D eigenvalue weighted by molar-refractivity contribution is 5.79. The topological polar surface area (TPSA) is 0 Å². The predicted octanol–water partition coefficient (Wildman–Crippen LogP) is 3.59. The summed E-state index contributed by atoms with van der Waals surface area (Å²) < 4.78 is 0. The summed E-state index contributed by atoms with van der Waals surface area (Å²) in [5.74, 6) is 0.708. The van der Waals surface area contributed by atoms with Crippen molar-refractivity contribution in [3.05, 3.63) is 53.1 Å². The van der Waals surface area contributed by atoms with E-state index in [2.05, 4.69) is 43.3 Å². The summed E-state index contributed by atoms with van der Waals surface area (Å²) in [6.45, 7) is 2.29. The molecule has 0 spiro atoms. The molecule has 3 rings (SSSR count). The largest absolute Gasteiger partial charge is 0.0811 e. The molecule has 0 bridgehead atoms. The lowest BCUT2D eigenvalue weighted by Crippen LogP contribution is -1.97. The minimum Gasteiger partial charge on any atom is -0.0811 e. The maximum Gasteiger partial charge on any atom is -0.00169 e. The highest BCUT2D eigenvalue weighted by atomic mass is 14.3. The highest BCUT2D eigenvalue weighted by Gasteiger charge is 2.22. The first-order valence-electron chi connectivity index (χ1n) is 5.33. The van der Waals surface area contributed by atoms with Gasteiger partial charge < -0.3 is 0 Å². The van der Waals surface area contributed by atoms with Gasteiger partial charge in [0, 0.05) is 0 Å². The predicted molar refractivity (Wildman–Crippen MR) is 60.0 cm³/mol. The number of hydrogen-bond donors (Lipinski definition) is 0. The van der Waals surface area contributed by atoms with Gasteiger partial charge in [-0.2, -0.15) is 0 Å². The van der Waals surface area contributed by atoms with E-state index in [1.807, 2.05) is 0 Å². The van der Waals surface area contributed by atoms with Crippen LogP contribution in [0, 0.1) is 5.92 Å². The van der Waals surface area contributed by atoms with Crippen molar-refractivity contribution in [1.29, 1.82) is 0 Å². The van der Waals surface area contributed by atoms with Crippen LogP contribution in [0.5, 0.6) is 0 Å². The number of benzene rings is 1. The zero-order valence-electron chi connectivity index (χ0n) is 8.46. The van der Waals surface area contributed by atoms with Gasteiger partial charge in [-0.15, -0.1) is 0 Å². The molecule has 2 aliphatic carbocycles. The third-order valence-electron chi connectivity index (χ3n) is 3.26. The fourth-order valence-corrected chi connectivity index (χ4v) is 2.52. The van der Waals surface area contributed by atoms with Crippen molar-refractivity contribution in [3.8, 4) is 0 Å². The molecular weight excluding hydrogens is 168 g/mol. The van der Waals surface area contributed by atoms with Gasteiger partial charge in [-0.05, 0) is 41.0 Å². The first-order chi connectivity index (χ1) is 6.84. The molecule has 1 aromatic carbocycles. The Morgan fingerprint density at radius 1 is 1.21 bits per heavy atom. The summed E-state index contributed by atoms with van der Waals surface area (Å²) in [5, 5.41) is 0. The Bertz CT molecular complexity index is 435. The van der Waals surface area contributed by atoms with Crippen LogP contribution in [0.3, 0.4) is 0 Å². The molecule has 1 atom stereocenters. The van der Waals surface area contributed by atoms with Gasteiger partial charge in [0.1, 0.15) is 0 Å². The van der Waals surface area contributed by atoms with Crippen LogP contribution >= 0.6 is 0 Å². The molecule has 0 N–H and O–H groups in total. The highest BCUT2D eigenvalue weighted by Crippen LogP contribution is 2.39. The molecule has 0 amide bonds. The Balaban J connectivity index is 2.12. The van der Waals surface area contributed by atoms with Crippen LogP contribution in [-0.2, 0) is 6.42 Å². The molecule has 2 aliphatic rings. The average Bonchev–Trinajstić information content (AvgIpc) is 2.56. The lowest BCUT2D eigenvalue weighted by atomic mass is 9.90. The molecule has 14 heavy (non-hydrogen) atoms. The zero-order chi connectivity index (χ0) is 9.54. The molecule has 0 aromatic heterocycles. The van der Waals surface area contributed by atoms with E-state index in [0.29, 0.717) is 5.92 Å². The summed E-state index contributed by atoms with van der Waals surface area (Å²) in [5.41, 5.74) is 6.15. The van der Waals surface area contributed by atoms with Crippen LogP contribution in [0.4, 0.5) is 0 Å². The molecule has 0 heterocycles. The van der Waals surface area contributed by atoms with Crippen LogP contribution in [0.15, 0.2) is 42.0 Å². The second-order valence-electron chi connectivity index (χ2n) is 4.38. The second kappa shape index (κ2) is 2.84. The van der Waals surface area contributed by atoms with E-state index >= 15 is 0 Å².